The molecular weight excluding hydrogens is 196 g/mol. The van der Waals surface area contributed by atoms with Crippen molar-refractivity contribution in [3.8, 4) is 0 Å². The van der Waals surface area contributed by atoms with E-state index in [4.69, 9.17) is 5.73 Å². The lowest BCUT2D eigenvalue weighted by molar-refractivity contribution is 0.518. The van der Waals surface area contributed by atoms with Crippen molar-refractivity contribution >= 4 is 5.69 Å². The van der Waals surface area contributed by atoms with E-state index < -0.39 is 0 Å². The van der Waals surface area contributed by atoms with Gasteiger partial charge in [-0.15, -0.1) is 0 Å². The van der Waals surface area contributed by atoms with Crippen LogP contribution in [0.2, 0.25) is 0 Å². The number of rotatable bonds is 3. The van der Waals surface area contributed by atoms with Gasteiger partial charge in [-0.2, -0.15) is 0 Å². The maximum atomic E-state index is 5.96. The van der Waals surface area contributed by atoms with Crippen LogP contribution in [-0.4, -0.2) is 19.1 Å². The Kier molecular flexibility index (Phi) is 2.60. The molecule has 1 atom stereocenters. The van der Waals surface area contributed by atoms with Gasteiger partial charge in [0.25, 0.3) is 0 Å². The first-order valence-electron chi connectivity index (χ1n) is 6.45. The summed E-state index contributed by atoms with van der Waals surface area (Å²) < 4.78 is 0. The third-order valence-corrected chi connectivity index (χ3v) is 3.95. The van der Waals surface area contributed by atoms with Crippen molar-refractivity contribution in [2.45, 2.75) is 31.7 Å². The molecule has 0 bridgehead atoms. The Bertz CT molecular complexity index is 371. The quantitative estimate of drug-likeness (QED) is 0.839. The van der Waals surface area contributed by atoms with Crippen LogP contribution in [0.15, 0.2) is 24.3 Å². The molecule has 3 rings (SSSR count). The Morgan fingerprint density at radius 1 is 1.31 bits per heavy atom. The van der Waals surface area contributed by atoms with E-state index in [-0.39, 0.29) is 0 Å². The van der Waals surface area contributed by atoms with Gasteiger partial charge < -0.3 is 10.6 Å². The number of nitrogens with two attached hydrogens (primary N) is 1. The molecule has 1 aliphatic carbocycles. The van der Waals surface area contributed by atoms with Crippen molar-refractivity contribution in [3.63, 3.8) is 0 Å². The van der Waals surface area contributed by atoms with Crippen molar-refractivity contribution in [3.05, 3.63) is 29.8 Å². The van der Waals surface area contributed by atoms with Gasteiger partial charge >= 0.3 is 0 Å². The molecule has 1 saturated carbocycles. The molecule has 16 heavy (non-hydrogen) atoms. The lowest BCUT2D eigenvalue weighted by atomic mass is 9.98. The standard InChI is InChI=1S/C14H20N2/c15-10-14(12-7-8-12)16-9-3-5-11-4-1-2-6-13(11)16/h1-2,4,6,12,14H,3,5,7-10,15H2. The van der Waals surface area contributed by atoms with Crippen molar-refractivity contribution in [1.82, 2.24) is 0 Å². The summed E-state index contributed by atoms with van der Waals surface area (Å²) in [6, 6.07) is 9.41. The van der Waals surface area contributed by atoms with E-state index in [0.29, 0.717) is 6.04 Å². The fourth-order valence-electron chi connectivity index (χ4n) is 2.96. The number of benzene rings is 1. The van der Waals surface area contributed by atoms with Gasteiger partial charge in [0.2, 0.25) is 0 Å². The number of aryl methyl sites for hydroxylation is 1. The van der Waals surface area contributed by atoms with Gasteiger partial charge in [0, 0.05) is 24.8 Å². The van der Waals surface area contributed by atoms with E-state index in [1.165, 1.54) is 43.5 Å². The van der Waals surface area contributed by atoms with E-state index in [1.54, 1.807) is 0 Å². The Balaban J connectivity index is 1.90. The summed E-state index contributed by atoms with van der Waals surface area (Å²) in [4.78, 5) is 2.57. The van der Waals surface area contributed by atoms with Gasteiger partial charge in [0.15, 0.2) is 0 Å². The highest BCUT2D eigenvalue weighted by Crippen LogP contribution is 2.39. The second-order valence-corrected chi connectivity index (χ2v) is 5.07. The van der Waals surface area contributed by atoms with Crippen LogP contribution < -0.4 is 10.6 Å². The van der Waals surface area contributed by atoms with Crippen molar-refractivity contribution < 1.29 is 0 Å². The first kappa shape index (κ1) is 10.2. The summed E-state index contributed by atoms with van der Waals surface area (Å²) in [6.45, 7) is 1.99. The average Bonchev–Trinajstić information content (AvgIpc) is 3.15. The minimum absolute atomic E-state index is 0.585. The minimum Gasteiger partial charge on any atom is -0.367 e. The zero-order chi connectivity index (χ0) is 11.0. The van der Waals surface area contributed by atoms with Crippen LogP contribution in [0.1, 0.15) is 24.8 Å². The van der Waals surface area contributed by atoms with E-state index >= 15 is 0 Å². The summed E-state index contributed by atoms with van der Waals surface area (Å²) in [6.07, 6.45) is 5.26. The second kappa shape index (κ2) is 4.10. The van der Waals surface area contributed by atoms with Crippen LogP contribution in [0.5, 0.6) is 0 Å². The highest BCUT2D eigenvalue weighted by molar-refractivity contribution is 5.56. The largest absolute Gasteiger partial charge is 0.367 e. The molecule has 0 aromatic heterocycles. The molecule has 1 unspecified atom stereocenters. The van der Waals surface area contributed by atoms with Crippen LogP contribution in [0, 0.1) is 5.92 Å². The summed E-state index contributed by atoms with van der Waals surface area (Å²) in [5, 5.41) is 0. The molecule has 86 valence electrons. The van der Waals surface area contributed by atoms with Crippen LogP contribution in [0.25, 0.3) is 0 Å². The molecule has 2 N–H and O–H groups in total. The monoisotopic (exact) mass is 216 g/mol. The fraction of sp³-hybridized carbons (Fsp3) is 0.571. The number of para-hydroxylation sites is 1. The fourth-order valence-corrected chi connectivity index (χ4v) is 2.96. The summed E-state index contributed by atoms with van der Waals surface area (Å²) in [7, 11) is 0. The number of fused-ring (bicyclic) bond motifs is 1. The van der Waals surface area contributed by atoms with Crippen LogP contribution in [0.3, 0.4) is 0 Å². The van der Waals surface area contributed by atoms with Crippen molar-refractivity contribution in [2.75, 3.05) is 18.0 Å². The van der Waals surface area contributed by atoms with Gasteiger partial charge in [-0.3, -0.25) is 0 Å². The van der Waals surface area contributed by atoms with E-state index in [0.717, 1.165) is 12.5 Å². The Hall–Kier alpha value is -1.02. The molecular formula is C14H20N2. The first-order valence-corrected chi connectivity index (χ1v) is 6.45. The SMILES string of the molecule is NCC(C1CC1)N1CCCc2ccccc21. The molecule has 0 amide bonds. The van der Waals surface area contributed by atoms with Crippen molar-refractivity contribution in [1.29, 1.82) is 0 Å². The van der Waals surface area contributed by atoms with E-state index in [2.05, 4.69) is 29.2 Å². The van der Waals surface area contributed by atoms with Gasteiger partial charge in [-0.25, -0.2) is 0 Å². The summed E-state index contributed by atoms with van der Waals surface area (Å²) in [5.74, 6) is 0.858. The molecule has 2 heteroatoms. The van der Waals surface area contributed by atoms with Crippen LogP contribution in [0.4, 0.5) is 5.69 Å². The van der Waals surface area contributed by atoms with E-state index in [9.17, 15) is 0 Å². The third kappa shape index (κ3) is 1.71. The number of anilines is 1. The average molecular weight is 216 g/mol. The number of hydrogen-bond donors (Lipinski definition) is 1. The van der Waals surface area contributed by atoms with Crippen molar-refractivity contribution in [2.24, 2.45) is 11.7 Å². The maximum Gasteiger partial charge on any atom is 0.0440 e. The molecule has 1 heterocycles. The number of nitrogens with zero attached hydrogens (tertiary/aromatic N) is 1. The highest BCUT2D eigenvalue weighted by Gasteiger charge is 2.35. The van der Waals surface area contributed by atoms with Gasteiger partial charge in [-0.05, 0) is 43.2 Å². The van der Waals surface area contributed by atoms with Gasteiger partial charge in [-0.1, -0.05) is 18.2 Å². The summed E-state index contributed by atoms with van der Waals surface area (Å²) >= 11 is 0. The lowest BCUT2D eigenvalue weighted by Crippen LogP contribution is -2.45. The molecule has 1 aliphatic heterocycles. The molecule has 1 fully saturated rings. The van der Waals surface area contributed by atoms with Gasteiger partial charge in [0.1, 0.15) is 0 Å². The lowest BCUT2D eigenvalue weighted by Gasteiger charge is -2.37. The predicted molar refractivity (Wildman–Crippen MR) is 67.7 cm³/mol. The maximum absolute atomic E-state index is 5.96. The smallest absolute Gasteiger partial charge is 0.0440 e. The Morgan fingerprint density at radius 2 is 2.12 bits per heavy atom. The Morgan fingerprint density at radius 3 is 2.88 bits per heavy atom. The zero-order valence-corrected chi connectivity index (χ0v) is 9.73. The van der Waals surface area contributed by atoms with Gasteiger partial charge in [0.05, 0.1) is 0 Å². The van der Waals surface area contributed by atoms with E-state index in [1.807, 2.05) is 0 Å². The minimum atomic E-state index is 0.585. The zero-order valence-electron chi connectivity index (χ0n) is 9.73. The molecule has 2 aliphatic rings. The molecule has 1 aromatic rings. The Labute approximate surface area is 97.4 Å². The topological polar surface area (TPSA) is 29.3 Å². The molecule has 2 nitrogen and oxygen atoms in total. The summed E-state index contributed by atoms with van der Waals surface area (Å²) in [5.41, 5.74) is 8.91. The second-order valence-electron chi connectivity index (χ2n) is 5.07. The molecule has 0 radical (unpaired) electrons. The van der Waals surface area contributed by atoms with Crippen LogP contribution in [-0.2, 0) is 6.42 Å². The molecule has 0 saturated heterocycles. The highest BCUT2D eigenvalue weighted by atomic mass is 15.2. The first-order chi connectivity index (χ1) is 7.90. The predicted octanol–water partition coefficient (Wildman–Crippen LogP) is 2.18. The third-order valence-electron chi connectivity index (χ3n) is 3.95. The van der Waals surface area contributed by atoms with Crippen LogP contribution >= 0.6 is 0 Å². The number of hydrogen-bond acceptors (Lipinski definition) is 2. The molecule has 1 aromatic carbocycles. The normalized spacial score (nSPS) is 21.7. The molecule has 0 spiro atoms.